The Morgan fingerprint density at radius 2 is 1.96 bits per heavy atom. The van der Waals surface area contributed by atoms with Crippen LogP contribution in [0.2, 0.25) is 0 Å². The molecule has 1 aliphatic rings. The number of hydrogen-bond donors (Lipinski definition) is 1. The van der Waals surface area contributed by atoms with Gasteiger partial charge in [0.1, 0.15) is 17.2 Å². The second kappa shape index (κ2) is 8.08. The molecule has 142 valence electrons. The van der Waals surface area contributed by atoms with Crippen LogP contribution in [0.4, 0.5) is 5.69 Å². The monoisotopic (exact) mass is 411 g/mol. The summed E-state index contributed by atoms with van der Waals surface area (Å²) in [5, 5.41) is 2.78. The van der Waals surface area contributed by atoms with Gasteiger partial charge in [-0.2, -0.15) is 0 Å². The highest BCUT2D eigenvalue weighted by Crippen LogP contribution is 2.42. The smallest absolute Gasteiger partial charge is 0.348 e. The van der Waals surface area contributed by atoms with Crippen molar-refractivity contribution in [2.24, 2.45) is 0 Å². The van der Waals surface area contributed by atoms with Crippen LogP contribution in [0.25, 0.3) is 10.4 Å². The molecule has 3 aromatic rings. The SMILES string of the molecule is CSc1ccccc1NC(=O)COC(=O)c1cc2c(s1)-c1ccccc1OC2. The number of thiophene rings is 1. The maximum atomic E-state index is 12.4. The lowest BCUT2D eigenvalue weighted by Crippen LogP contribution is -2.20. The fourth-order valence-electron chi connectivity index (χ4n) is 2.94. The molecule has 28 heavy (non-hydrogen) atoms. The molecule has 0 fully saturated rings. The largest absolute Gasteiger partial charge is 0.488 e. The highest BCUT2D eigenvalue weighted by atomic mass is 32.2. The van der Waals surface area contributed by atoms with Crippen LogP contribution in [0.3, 0.4) is 0 Å². The van der Waals surface area contributed by atoms with Crippen LogP contribution in [-0.2, 0) is 16.1 Å². The Hall–Kier alpha value is -2.77. The fourth-order valence-corrected chi connectivity index (χ4v) is 4.58. The number of carbonyl (C=O) groups is 2. The quantitative estimate of drug-likeness (QED) is 0.481. The molecular weight excluding hydrogens is 394 g/mol. The lowest BCUT2D eigenvalue weighted by atomic mass is 10.1. The summed E-state index contributed by atoms with van der Waals surface area (Å²) in [7, 11) is 0. The van der Waals surface area contributed by atoms with E-state index in [9.17, 15) is 9.59 Å². The van der Waals surface area contributed by atoms with E-state index in [2.05, 4.69) is 5.32 Å². The van der Waals surface area contributed by atoms with Crippen LogP contribution in [0.5, 0.6) is 5.75 Å². The van der Waals surface area contributed by atoms with Crippen LogP contribution >= 0.6 is 23.1 Å². The third-order valence-corrected chi connectivity index (χ3v) is 6.23. The Morgan fingerprint density at radius 1 is 1.18 bits per heavy atom. The van der Waals surface area contributed by atoms with Gasteiger partial charge in [0.25, 0.3) is 5.91 Å². The lowest BCUT2D eigenvalue weighted by molar-refractivity contribution is -0.119. The van der Waals surface area contributed by atoms with Crippen LogP contribution in [-0.4, -0.2) is 24.7 Å². The molecule has 2 aromatic carbocycles. The summed E-state index contributed by atoms with van der Waals surface area (Å²) in [5.74, 6) is -0.0707. The van der Waals surface area contributed by atoms with Gasteiger partial charge in [0.15, 0.2) is 6.61 Å². The van der Waals surface area contributed by atoms with E-state index in [0.29, 0.717) is 17.2 Å². The first-order chi connectivity index (χ1) is 13.7. The number of rotatable bonds is 5. The van der Waals surface area contributed by atoms with Gasteiger partial charge in [-0.3, -0.25) is 4.79 Å². The number of ether oxygens (including phenoxy) is 2. The van der Waals surface area contributed by atoms with Gasteiger partial charge >= 0.3 is 5.97 Å². The predicted octanol–water partition coefficient (Wildman–Crippen LogP) is 4.82. The van der Waals surface area contributed by atoms with E-state index in [4.69, 9.17) is 9.47 Å². The summed E-state index contributed by atoms with van der Waals surface area (Å²) in [6.07, 6.45) is 1.94. The first kappa shape index (κ1) is 18.6. The molecular formula is C21H17NO4S2. The number of nitrogens with one attached hydrogen (secondary N) is 1. The average molecular weight is 412 g/mol. The van der Waals surface area contributed by atoms with E-state index in [-0.39, 0.29) is 12.5 Å². The minimum atomic E-state index is -0.509. The molecule has 0 spiro atoms. The summed E-state index contributed by atoms with van der Waals surface area (Å²) in [6, 6.07) is 17.0. The molecule has 0 bridgehead atoms. The minimum Gasteiger partial charge on any atom is -0.488 e. The molecule has 0 radical (unpaired) electrons. The van der Waals surface area contributed by atoms with Gasteiger partial charge in [0.2, 0.25) is 0 Å². The highest BCUT2D eigenvalue weighted by Gasteiger charge is 2.23. The number of anilines is 1. The first-order valence-corrected chi connectivity index (χ1v) is 10.6. The highest BCUT2D eigenvalue weighted by molar-refractivity contribution is 7.98. The molecule has 4 rings (SSSR count). The molecule has 5 nitrogen and oxygen atoms in total. The van der Waals surface area contributed by atoms with Crippen molar-refractivity contribution in [2.75, 3.05) is 18.2 Å². The molecule has 7 heteroatoms. The van der Waals surface area contributed by atoms with Crippen molar-refractivity contribution in [2.45, 2.75) is 11.5 Å². The van der Waals surface area contributed by atoms with Gasteiger partial charge in [-0.05, 0) is 36.6 Å². The number of benzene rings is 2. The van der Waals surface area contributed by atoms with E-state index in [1.54, 1.807) is 6.07 Å². The van der Waals surface area contributed by atoms with Gasteiger partial charge in [-0.1, -0.05) is 24.3 Å². The van der Waals surface area contributed by atoms with Crippen molar-refractivity contribution in [3.05, 3.63) is 65.0 Å². The number of hydrogen-bond acceptors (Lipinski definition) is 6. The van der Waals surface area contributed by atoms with Crippen molar-refractivity contribution in [1.29, 1.82) is 0 Å². The van der Waals surface area contributed by atoms with Crippen LogP contribution in [0.15, 0.2) is 59.5 Å². The first-order valence-electron chi connectivity index (χ1n) is 8.60. The molecule has 1 N–H and O–H groups in total. The normalized spacial score (nSPS) is 11.8. The summed E-state index contributed by atoms with van der Waals surface area (Å²) >= 11 is 2.89. The molecule has 0 aliphatic carbocycles. The zero-order chi connectivity index (χ0) is 19.5. The van der Waals surface area contributed by atoms with E-state index in [1.807, 2.05) is 54.8 Å². The molecule has 1 aliphatic heterocycles. The van der Waals surface area contributed by atoms with E-state index in [1.165, 1.54) is 23.1 Å². The number of amides is 1. The third kappa shape index (κ3) is 3.76. The van der Waals surface area contributed by atoms with Gasteiger partial charge in [0, 0.05) is 20.9 Å². The van der Waals surface area contributed by atoms with E-state index >= 15 is 0 Å². The van der Waals surface area contributed by atoms with Gasteiger partial charge in [-0.15, -0.1) is 23.1 Å². The second-order valence-corrected chi connectivity index (χ2v) is 7.97. The van der Waals surface area contributed by atoms with Crippen LogP contribution in [0.1, 0.15) is 15.2 Å². The van der Waals surface area contributed by atoms with Crippen molar-refractivity contribution in [1.82, 2.24) is 0 Å². The molecule has 0 saturated carbocycles. The number of fused-ring (bicyclic) bond motifs is 3. The number of para-hydroxylation sites is 2. The molecule has 1 aromatic heterocycles. The molecule has 0 atom stereocenters. The van der Waals surface area contributed by atoms with Crippen molar-refractivity contribution in [3.8, 4) is 16.2 Å². The summed E-state index contributed by atoms with van der Waals surface area (Å²) in [5.41, 5.74) is 2.63. The maximum Gasteiger partial charge on any atom is 0.348 e. The Labute approximate surface area is 170 Å². The Morgan fingerprint density at radius 3 is 2.82 bits per heavy atom. The maximum absolute atomic E-state index is 12.4. The number of thioether (sulfide) groups is 1. The van der Waals surface area contributed by atoms with Gasteiger partial charge in [-0.25, -0.2) is 4.79 Å². The number of esters is 1. The zero-order valence-corrected chi connectivity index (χ0v) is 16.7. The Bertz CT molecular complexity index is 1040. The minimum absolute atomic E-state index is 0.336. The van der Waals surface area contributed by atoms with Crippen molar-refractivity contribution in [3.63, 3.8) is 0 Å². The van der Waals surface area contributed by atoms with Crippen molar-refractivity contribution >= 4 is 40.7 Å². The summed E-state index contributed by atoms with van der Waals surface area (Å²) in [6.45, 7) is 0.0826. The Kier molecular flexibility index (Phi) is 5.36. The Balaban J connectivity index is 1.41. The lowest BCUT2D eigenvalue weighted by Gasteiger charge is -2.16. The van der Waals surface area contributed by atoms with E-state index in [0.717, 1.165) is 26.6 Å². The predicted molar refractivity (Wildman–Crippen MR) is 111 cm³/mol. The molecule has 0 unspecified atom stereocenters. The standard InChI is InChI=1S/C21H17NO4S2/c1-27-17-9-5-3-7-15(17)22-19(23)12-26-21(24)18-10-13-11-25-16-8-4-2-6-14(16)20(13)28-18/h2-10H,11-12H2,1H3,(H,22,23). The van der Waals surface area contributed by atoms with E-state index < -0.39 is 5.97 Å². The number of carbonyl (C=O) groups excluding carboxylic acids is 2. The third-order valence-electron chi connectivity index (χ3n) is 4.24. The second-order valence-electron chi connectivity index (χ2n) is 6.07. The fraction of sp³-hybridized carbons (Fsp3) is 0.143. The summed E-state index contributed by atoms with van der Waals surface area (Å²) < 4.78 is 10.9. The van der Waals surface area contributed by atoms with Crippen LogP contribution in [0, 0.1) is 0 Å². The van der Waals surface area contributed by atoms with Gasteiger partial charge in [0.05, 0.1) is 5.69 Å². The van der Waals surface area contributed by atoms with Crippen LogP contribution < -0.4 is 10.1 Å². The molecule has 0 saturated heterocycles. The summed E-state index contributed by atoms with van der Waals surface area (Å²) in [4.78, 5) is 27.0. The van der Waals surface area contributed by atoms with Crippen molar-refractivity contribution < 1.29 is 19.1 Å². The zero-order valence-electron chi connectivity index (χ0n) is 15.1. The topological polar surface area (TPSA) is 64.6 Å². The molecule has 2 heterocycles. The average Bonchev–Trinajstić information content (AvgIpc) is 3.17. The van der Waals surface area contributed by atoms with Gasteiger partial charge < -0.3 is 14.8 Å². The molecule has 1 amide bonds.